The van der Waals surface area contributed by atoms with E-state index in [9.17, 15) is 10.2 Å². The van der Waals surface area contributed by atoms with Crippen LogP contribution in [0.3, 0.4) is 0 Å². The van der Waals surface area contributed by atoms with Gasteiger partial charge in [-0.2, -0.15) is 0 Å². The maximum Gasteiger partial charge on any atom is 0.130 e. The standard InChI is InChI=1S/C15H16O.C14H14O2.C8H10/c1-11-4-7-14(8-5-11)16-15-9-6-12(2)10-13(15)3;1-9-3-5-11(7-13(9)15)12-6-4-10(2)14(16)8-12;1-7-3-5-8(2)6-4-7/h4-10H,1-3H3;3-8,15-16H,1-2H3;3-6H,1-2H3. The van der Waals surface area contributed by atoms with Gasteiger partial charge < -0.3 is 14.9 Å². The van der Waals surface area contributed by atoms with Crippen LogP contribution in [0.2, 0.25) is 0 Å². The molecule has 0 fully saturated rings. The molecule has 0 unspecified atom stereocenters. The number of ether oxygens (including phenoxy) is 1. The van der Waals surface area contributed by atoms with Gasteiger partial charge in [0.15, 0.2) is 0 Å². The van der Waals surface area contributed by atoms with E-state index >= 15 is 0 Å². The van der Waals surface area contributed by atoms with Crippen molar-refractivity contribution >= 4 is 0 Å². The number of aryl methyl sites for hydroxylation is 7. The van der Waals surface area contributed by atoms with Crippen LogP contribution >= 0.6 is 0 Å². The first-order valence-corrected chi connectivity index (χ1v) is 13.5. The van der Waals surface area contributed by atoms with Crippen molar-refractivity contribution < 1.29 is 14.9 Å². The molecule has 5 aromatic rings. The van der Waals surface area contributed by atoms with Gasteiger partial charge in [0, 0.05) is 0 Å². The second-order valence-corrected chi connectivity index (χ2v) is 10.3. The third-order valence-corrected chi connectivity index (χ3v) is 6.55. The van der Waals surface area contributed by atoms with Crippen molar-refractivity contribution in [1.29, 1.82) is 0 Å². The normalized spacial score (nSPS) is 10.1. The maximum absolute atomic E-state index is 9.62. The molecule has 5 rings (SSSR count). The molecule has 0 heterocycles. The monoisotopic (exact) mass is 532 g/mol. The summed E-state index contributed by atoms with van der Waals surface area (Å²) in [5.74, 6) is 2.36. The van der Waals surface area contributed by atoms with Crippen LogP contribution in [-0.2, 0) is 0 Å². The van der Waals surface area contributed by atoms with E-state index < -0.39 is 0 Å². The molecule has 0 aromatic heterocycles. The summed E-state index contributed by atoms with van der Waals surface area (Å²) in [4.78, 5) is 0. The Morgan fingerprint density at radius 2 is 0.800 bits per heavy atom. The first-order chi connectivity index (χ1) is 19.0. The van der Waals surface area contributed by atoms with Gasteiger partial charge >= 0.3 is 0 Å². The van der Waals surface area contributed by atoms with Crippen LogP contribution < -0.4 is 4.74 Å². The van der Waals surface area contributed by atoms with Crippen molar-refractivity contribution in [3.63, 3.8) is 0 Å². The van der Waals surface area contributed by atoms with Crippen molar-refractivity contribution in [2.45, 2.75) is 48.5 Å². The average molecular weight is 533 g/mol. The van der Waals surface area contributed by atoms with Gasteiger partial charge in [-0.05, 0) is 107 Å². The molecule has 40 heavy (non-hydrogen) atoms. The van der Waals surface area contributed by atoms with Crippen molar-refractivity contribution in [2.24, 2.45) is 0 Å². The van der Waals surface area contributed by atoms with Crippen LogP contribution in [0, 0.1) is 48.5 Å². The van der Waals surface area contributed by atoms with Crippen LogP contribution in [0.4, 0.5) is 0 Å². The maximum atomic E-state index is 9.62. The number of phenols is 2. The SMILES string of the molecule is Cc1ccc(-c2ccc(C)c(O)c2)cc1O.Cc1ccc(C)cc1.Cc1ccc(Oc2ccc(C)cc2C)cc1. The second-order valence-electron chi connectivity index (χ2n) is 10.3. The van der Waals surface area contributed by atoms with Crippen LogP contribution in [0.15, 0.2) is 103 Å². The molecule has 3 nitrogen and oxygen atoms in total. The van der Waals surface area contributed by atoms with E-state index in [0.29, 0.717) is 0 Å². The Kier molecular flexibility index (Phi) is 10.6. The first-order valence-electron chi connectivity index (χ1n) is 13.5. The van der Waals surface area contributed by atoms with Crippen LogP contribution in [0.1, 0.15) is 38.9 Å². The van der Waals surface area contributed by atoms with Gasteiger partial charge in [-0.25, -0.2) is 0 Å². The van der Waals surface area contributed by atoms with Crippen LogP contribution in [0.5, 0.6) is 23.0 Å². The summed E-state index contributed by atoms with van der Waals surface area (Å²) >= 11 is 0. The van der Waals surface area contributed by atoms with Crippen molar-refractivity contribution in [1.82, 2.24) is 0 Å². The highest BCUT2D eigenvalue weighted by atomic mass is 16.5. The van der Waals surface area contributed by atoms with E-state index in [4.69, 9.17) is 4.74 Å². The predicted octanol–water partition coefficient (Wildman–Crippen LogP) is 10.1. The van der Waals surface area contributed by atoms with Crippen molar-refractivity contribution in [2.75, 3.05) is 0 Å². The van der Waals surface area contributed by atoms with E-state index in [1.807, 2.05) is 56.3 Å². The second kappa shape index (κ2) is 14.0. The third-order valence-electron chi connectivity index (χ3n) is 6.55. The Labute approximate surface area is 239 Å². The summed E-state index contributed by atoms with van der Waals surface area (Å²) in [7, 11) is 0. The number of benzene rings is 5. The quantitative estimate of drug-likeness (QED) is 0.243. The highest BCUT2D eigenvalue weighted by Gasteiger charge is 2.04. The number of hydrogen-bond donors (Lipinski definition) is 2. The Morgan fingerprint density at radius 3 is 1.20 bits per heavy atom. The highest BCUT2D eigenvalue weighted by molar-refractivity contribution is 5.68. The third kappa shape index (κ3) is 9.06. The molecule has 0 saturated carbocycles. The summed E-state index contributed by atoms with van der Waals surface area (Å²) in [6.45, 7) is 14.1. The van der Waals surface area contributed by atoms with Crippen molar-refractivity contribution in [3.8, 4) is 34.1 Å². The zero-order valence-corrected chi connectivity index (χ0v) is 24.6. The topological polar surface area (TPSA) is 49.7 Å². The molecule has 0 spiro atoms. The lowest BCUT2D eigenvalue weighted by Gasteiger charge is -2.09. The molecular weight excluding hydrogens is 492 g/mol. The molecule has 2 N–H and O–H groups in total. The Hall–Kier alpha value is -4.50. The van der Waals surface area contributed by atoms with Gasteiger partial charge in [-0.3, -0.25) is 0 Å². The molecule has 0 amide bonds. The molecule has 206 valence electrons. The average Bonchev–Trinajstić information content (AvgIpc) is 2.92. The van der Waals surface area contributed by atoms with Gasteiger partial charge in [0.25, 0.3) is 0 Å². The molecule has 0 aliphatic heterocycles. The van der Waals surface area contributed by atoms with Crippen LogP contribution in [-0.4, -0.2) is 10.2 Å². The summed E-state index contributed by atoms with van der Waals surface area (Å²) in [6.07, 6.45) is 0. The number of hydrogen-bond acceptors (Lipinski definition) is 3. The summed E-state index contributed by atoms with van der Waals surface area (Å²) in [5.41, 5.74) is 9.82. The van der Waals surface area contributed by atoms with Crippen molar-refractivity contribution in [3.05, 3.63) is 142 Å². The molecule has 5 aromatic carbocycles. The molecule has 0 aliphatic rings. The Bertz CT molecular complexity index is 1460. The zero-order valence-electron chi connectivity index (χ0n) is 24.6. The Morgan fingerprint density at radius 1 is 0.400 bits per heavy atom. The molecule has 0 atom stereocenters. The van der Waals surface area contributed by atoms with E-state index in [1.165, 1.54) is 27.8 Å². The van der Waals surface area contributed by atoms with Gasteiger partial charge in [0.2, 0.25) is 0 Å². The molecule has 0 radical (unpaired) electrons. The lowest BCUT2D eigenvalue weighted by Crippen LogP contribution is -1.88. The van der Waals surface area contributed by atoms with E-state index in [-0.39, 0.29) is 11.5 Å². The van der Waals surface area contributed by atoms with E-state index in [2.05, 4.69) is 83.1 Å². The zero-order chi connectivity index (χ0) is 29.2. The van der Waals surface area contributed by atoms with E-state index in [1.54, 1.807) is 12.1 Å². The predicted molar refractivity (Wildman–Crippen MR) is 168 cm³/mol. The first kappa shape index (κ1) is 30.0. The minimum Gasteiger partial charge on any atom is -0.508 e. The Balaban J connectivity index is 0.000000175. The summed E-state index contributed by atoms with van der Waals surface area (Å²) in [5, 5.41) is 19.2. The molecule has 0 saturated heterocycles. The molecule has 0 bridgehead atoms. The number of rotatable bonds is 3. The van der Waals surface area contributed by atoms with Gasteiger partial charge in [-0.1, -0.05) is 95.1 Å². The molecular formula is C37H40O3. The summed E-state index contributed by atoms with van der Waals surface area (Å²) < 4.78 is 5.82. The fourth-order valence-electron chi connectivity index (χ4n) is 3.86. The lowest BCUT2D eigenvalue weighted by molar-refractivity contribution is 0.470. The fourth-order valence-corrected chi connectivity index (χ4v) is 3.86. The highest BCUT2D eigenvalue weighted by Crippen LogP contribution is 2.29. The molecule has 0 aliphatic carbocycles. The summed E-state index contributed by atoms with van der Waals surface area (Å²) in [6, 6.07) is 33.8. The lowest BCUT2D eigenvalue weighted by atomic mass is 10.0. The minimum atomic E-state index is 0.276. The fraction of sp³-hybridized carbons (Fsp3) is 0.189. The minimum absolute atomic E-state index is 0.276. The number of phenolic OH excluding ortho intramolecular Hbond substituents is 2. The van der Waals surface area contributed by atoms with E-state index in [0.717, 1.165) is 33.8 Å². The van der Waals surface area contributed by atoms with Gasteiger partial charge in [0.05, 0.1) is 0 Å². The van der Waals surface area contributed by atoms with Gasteiger partial charge in [0.1, 0.15) is 23.0 Å². The largest absolute Gasteiger partial charge is 0.508 e. The smallest absolute Gasteiger partial charge is 0.130 e. The molecule has 3 heteroatoms. The van der Waals surface area contributed by atoms with Crippen LogP contribution in [0.25, 0.3) is 11.1 Å². The van der Waals surface area contributed by atoms with Gasteiger partial charge in [-0.15, -0.1) is 0 Å². The number of aromatic hydroxyl groups is 2.